The van der Waals surface area contributed by atoms with E-state index in [2.05, 4.69) is 0 Å². The summed E-state index contributed by atoms with van der Waals surface area (Å²) in [7, 11) is 0. The van der Waals surface area contributed by atoms with Crippen LogP contribution >= 0.6 is 23.2 Å². The number of halogens is 5. The number of aliphatic hydroxyl groups is 1. The number of hydrogen-bond donors (Lipinski definition) is 1. The van der Waals surface area contributed by atoms with Crippen molar-refractivity contribution in [1.29, 1.82) is 0 Å². The Morgan fingerprint density at radius 1 is 1.29 bits per heavy atom. The summed E-state index contributed by atoms with van der Waals surface area (Å²) in [6.45, 7) is -2.37. The van der Waals surface area contributed by atoms with E-state index in [1.165, 1.54) is 18.2 Å². The molecule has 0 saturated heterocycles. The van der Waals surface area contributed by atoms with Crippen LogP contribution in [0.4, 0.5) is 13.2 Å². The van der Waals surface area contributed by atoms with Crippen molar-refractivity contribution in [2.75, 3.05) is 19.7 Å². The Balaban J connectivity index is 2.80. The summed E-state index contributed by atoms with van der Waals surface area (Å²) in [5.41, 5.74) is 0.522. The second-order valence-corrected chi connectivity index (χ2v) is 4.92. The van der Waals surface area contributed by atoms with Gasteiger partial charge in [-0.3, -0.25) is 4.79 Å². The van der Waals surface area contributed by atoms with E-state index in [4.69, 9.17) is 28.3 Å². The van der Waals surface area contributed by atoms with Gasteiger partial charge in [-0.1, -0.05) is 29.3 Å². The normalized spacial score (nSPS) is 11.9. The fourth-order valence-electron chi connectivity index (χ4n) is 1.49. The summed E-state index contributed by atoms with van der Waals surface area (Å²) in [6.07, 6.45) is -2.21. The Morgan fingerprint density at radius 3 is 2.48 bits per heavy atom. The highest BCUT2D eigenvalue weighted by Crippen LogP contribution is 2.23. The molecule has 0 unspecified atom stereocenters. The fourth-order valence-corrected chi connectivity index (χ4v) is 1.80. The topological polar surface area (TPSA) is 40.5 Å². The maximum absolute atomic E-state index is 12.3. The number of nitrogens with zero attached hydrogens (tertiary/aromatic N) is 1. The lowest BCUT2D eigenvalue weighted by atomic mass is 10.2. The molecule has 0 atom stereocenters. The molecule has 1 aromatic rings. The molecular formula is C13H12Cl2F3NO2. The highest BCUT2D eigenvalue weighted by atomic mass is 35.5. The Labute approximate surface area is 129 Å². The summed E-state index contributed by atoms with van der Waals surface area (Å²) in [5.74, 6) is -0.854. The standard InChI is InChI=1S/C13H12Cl2F3NO2/c14-10-3-1-9(7-11(10)15)2-4-12(21)19(5-6-20)8-13(16,17)18/h1-4,7,20H,5-6,8H2/b4-2+. The lowest BCUT2D eigenvalue weighted by Crippen LogP contribution is -2.39. The van der Waals surface area contributed by atoms with Crippen LogP contribution in [-0.2, 0) is 4.79 Å². The highest BCUT2D eigenvalue weighted by Gasteiger charge is 2.32. The van der Waals surface area contributed by atoms with Crippen molar-refractivity contribution in [3.05, 3.63) is 39.9 Å². The van der Waals surface area contributed by atoms with Gasteiger partial charge in [0.15, 0.2) is 0 Å². The van der Waals surface area contributed by atoms with E-state index >= 15 is 0 Å². The van der Waals surface area contributed by atoms with Crippen LogP contribution < -0.4 is 0 Å². The number of benzene rings is 1. The molecule has 0 aliphatic carbocycles. The minimum absolute atomic E-state index is 0.272. The van der Waals surface area contributed by atoms with Gasteiger partial charge in [0.2, 0.25) is 5.91 Å². The second kappa shape index (κ2) is 7.68. The van der Waals surface area contributed by atoms with Crippen molar-refractivity contribution < 1.29 is 23.1 Å². The molecule has 0 radical (unpaired) electrons. The van der Waals surface area contributed by atoms with Crippen molar-refractivity contribution in [2.24, 2.45) is 0 Å². The van der Waals surface area contributed by atoms with E-state index in [1.807, 2.05) is 0 Å². The van der Waals surface area contributed by atoms with E-state index in [0.717, 1.165) is 6.08 Å². The molecule has 0 aliphatic rings. The molecule has 0 heterocycles. The average Bonchev–Trinajstić information content (AvgIpc) is 2.38. The maximum atomic E-state index is 12.3. The van der Waals surface area contributed by atoms with Crippen LogP contribution in [0.3, 0.4) is 0 Å². The lowest BCUT2D eigenvalue weighted by molar-refractivity contribution is -0.158. The van der Waals surface area contributed by atoms with Gasteiger partial charge < -0.3 is 10.0 Å². The monoisotopic (exact) mass is 341 g/mol. The maximum Gasteiger partial charge on any atom is 0.406 e. The first-order chi connectivity index (χ1) is 9.73. The third-order valence-electron chi connectivity index (χ3n) is 2.41. The zero-order chi connectivity index (χ0) is 16.0. The smallest absolute Gasteiger partial charge is 0.395 e. The first kappa shape index (κ1) is 17.8. The van der Waals surface area contributed by atoms with Gasteiger partial charge in [-0.05, 0) is 23.8 Å². The number of amides is 1. The van der Waals surface area contributed by atoms with Gasteiger partial charge in [-0.15, -0.1) is 0 Å². The van der Waals surface area contributed by atoms with Crippen molar-refractivity contribution >= 4 is 35.2 Å². The van der Waals surface area contributed by atoms with Gasteiger partial charge in [-0.25, -0.2) is 0 Å². The summed E-state index contributed by atoms with van der Waals surface area (Å²) in [4.78, 5) is 12.2. The Hall–Kier alpha value is -1.24. The molecule has 1 N–H and O–H groups in total. The predicted octanol–water partition coefficient (Wildman–Crippen LogP) is 3.39. The third kappa shape index (κ3) is 6.37. The Kier molecular flexibility index (Phi) is 6.51. The summed E-state index contributed by atoms with van der Waals surface area (Å²) < 4.78 is 37.0. The summed E-state index contributed by atoms with van der Waals surface area (Å²) >= 11 is 11.5. The summed E-state index contributed by atoms with van der Waals surface area (Å²) in [5, 5.41) is 9.32. The van der Waals surface area contributed by atoms with E-state index in [0.29, 0.717) is 15.5 Å². The minimum Gasteiger partial charge on any atom is -0.395 e. The predicted molar refractivity (Wildman–Crippen MR) is 75.2 cm³/mol. The van der Waals surface area contributed by atoms with Crippen molar-refractivity contribution in [1.82, 2.24) is 4.90 Å². The lowest BCUT2D eigenvalue weighted by Gasteiger charge is -2.21. The van der Waals surface area contributed by atoms with Gasteiger partial charge >= 0.3 is 6.18 Å². The molecule has 0 fully saturated rings. The van der Waals surface area contributed by atoms with Gasteiger partial charge in [0.25, 0.3) is 0 Å². The van der Waals surface area contributed by atoms with Gasteiger partial charge in [0.05, 0.1) is 16.7 Å². The number of aliphatic hydroxyl groups excluding tert-OH is 1. The second-order valence-electron chi connectivity index (χ2n) is 4.11. The van der Waals surface area contributed by atoms with Crippen molar-refractivity contribution in [3.8, 4) is 0 Å². The molecule has 0 bridgehead atoms. The molecule has 1 amide bonds. The first-order valence-corrected chi connectivity index (χ1v) is 6.58. The molecule has 116 valence electrons. The molecule has 0 aromatic heterocycles. The van der Waals surface area contributed by atoms with Gasteiger partial charge in [0.1, 0.15) is 6.54 Å². The number of carbonyl (C=O) groups is 1. The van der Waals surface area contributed by atoms with Crippen LogP contribution in [0.1, 0.15) is 5.56 Å². The average molecular weight is 342 g/mol. The van der Waals surface area contributed by atoms with E-state index in [-0.39, 0.29) is 5.02 Å². The van der Waals surface area contributed by atoms with Crippen molar-refractivity contribution in [2.45, 2.75) is 6.18 Å². The number of rotatable bonds is 5. The minimum atomic E-state index is -4.53. The van der Waals surface area contributed by atoms with Crippen LogP contribution in [0, 0.1) is 0 Å². The molecule has 3 nitrogen and oxygen atoms in total. The molecule has 0 saturated carbocycles. The summed E-state index contributed by atoms with van der Waals surface area (Å²) in [6, 6.07) is 4.56. The van der Waals surface area contributed by atoms with E-state index in [1.54, 1.807) is 6.07 Å². The molecule has 21 heavy (non-hydrogen) atoms. The molecule has 0 aliphatic heterocycles. The number of hydrogen-bond acceptors (Lipinski definition) is 2. The SMILES string of the molecule is O=C(/C=C/c1ccc(Cl)c(Cl)c1)N(CCO)CC(F)(F)F. The van der Waals surface area contributed by atoms with Crippen LogP contribution in [-0.4, -0.2) is 41.8 Å². The first-order valence-electron chi connectivity index (χ1n) is 5.82. The number of carbonyl (C=O) groups excluding carboxylic acids is 1. The molecule has 0 spiro atoms. The van der Waals surface area contributed by atoms with Crippen LogP contribution in [0.25, 0.3) is 6.08 Å². The van der Waals surface area contributed by atoms with Crippen molar-refractivity contribution in [3.63, 3.8) is 0 Å². The highest BCUT2D eigenvalue weighted by molar-refractivity contribution is 6.42. The van der Waals surface area contributed by atoms with E-state index < -0.39 is 31.8 Å². The van der Waals surface area contributed by atoms with Gasteiger partial charge in [0, 0.05) is 12.6 Å². The molecular weight excluding hydrogens is 330 g/mol. The zero-order valence-electron chi connectivity index (χ0n) is 10.7. The van der Waals surface area contributed by atoms with Gasteiger partial charge in [-0.2, -0.15) is 13.2 Å². The Morgan fingerprint density at radius 2 is 1.95 bits per heavy atom. The van der Waals surface area contributed by atoms with Crippen LogP contribution in [0.2, 0.25) is 10.0 Å². The zero-order valence-corrected chi connectivity index (χ0v) is 12.2. The van der Waals surface area contributed by atoms with Crippen LogP contribution in [0.5, 0.6) is 0 Å². The van der Waals surface area contributed by atoms with E-state index in [9.17, 15) is 18.0 Å². The third-order valence-corrected chi connectivity index (χ3v) is 3.15. The molecule has 1 rings (SSSR count). The fraction of sp³-hybridized carbons (Fsp3) is 0.308. The quantitative estimate of drug-likeness (QED) is 0.834. The largest absolute Gasteiger partial charge is 0.406 e. The Bertz CT molecular complexity index is 533. The number of alkyl halides is 3. The van der Waals surface area contributed by atoms with Crippen LogP contribution in [0.15, 0.2) is 24.3 Å². The molecule has 1 aromatic carbocycles. The molecule has 8 heteroatoms.